The van der Waals surface area contributed by atoms with Crippen LogP contribution in [0.25, 0.3) is 11.6 Å². The van der Waals surface area contributed by atoms with Gasteiger partial charge in [-0.25, -0.2) is 0 Å². The molecule has 6 nitrogen and oxygen atoms in total. The minimum atomic E-state index is -0.294. The lowest BCUT2D eigenvalue weighted by Gasteiger charge is -2.06. The van der Waals surface area contributed by atoms with Crippen molar-refractivity contribution in [3.05, 3.63) is 54.2 Å². The number of carbonyl (C=O) groups is 1. The molecule has 0 aliphatic rings. The molecule has 1 amide bonds. The summed E-state index contributed by atoms with van der Waals surface area (Å²) in [6, 6.07) is 12.8. The van der Waals surface area contributed by atoms with E-state index in [9.17, 15) is 4.79 Å². The summed E-state index contributed by atoms with van der Waals surface area (Å²) < 4.78 is 5.43. The molecule has 24 heavy (non-hydrogen) atoms. The van der Waals surface area contributed by atoms with Crippen molar-refractivity contribution in [1.82, 2.24) is 15.2 Å². The lowest BCUT2D eigenvalue weighted by Crippen LogP contribution is -2.12. The summed E-state index contributed by atoms with van der Waals surface area (Å²) in [6.07, 6.45) is 1.63. The first-order valence-electron chi connectivity index (χ1n) is 7.45. The fourth-order valence-corrected chi connectivity index (χ4v) is 2.92. The molecule has 3 aromatic rings. The van der Waals surface area contributed by atoms with Gasteiger partial charge in [-0.2, -0.15) is 0 Å². The molecule has 3 rings (SSSR count). The highest BCUT2D eigenvalue weighted by molar-refractivity contribution is 7.99. The number of benzene rings is 1. The highest BCUT2D eigenvalue weighted by Crippen LogP contribution is 2.24. The van der Waals surface area contributed by atoms with Gasteiger partial charge in [-0.1, -0.05) is 31.1 Å². The molecule has 2 aromatic heterocycles. The van der Waals surface area contributed by atoms with Crippen molar-refractivity contribution in [2.75, 3.05) is 5.32 Å². The smallest absolute Gasteiger partial charge is 0.322 e. The molecule has 0 aliphatic carbocycles. The third kappa shape index (κ3) is 3.99. The normalized spacial score (nSPS) is 10.8. The fraction of sp³-hybridized carbons (Fsp3) is 0.176. The molecule has 0 atom stereocenters. The molecular formula is C17H16N4O2S. The predicted octanol–water partition coefficient (Wildman–Crippen LogP) is 3.88. The first-order valence-corrected chi connectivity index (χ1v) is 8.33. The molecule has 0 aliphatic heterocycles. The Morgan fingerprint density at radius 3 is 2.79 bits per heavy atom. The number of thioether (sulfide) groups is 1. The van der Waals surface area contributed by atoms with Crippen molar-refractivity contribution in [3.8, 4) is 11.6 Å². The van der Waals surface area contributed by atoms with Gasteiger partial charge in [-0.15, -0.1) is 16.9 Å². The average Bonchev–Trinajstić information content (AvgIpc) is 3.04. The van der Waals surface area contributed by atoms with E-state index in [1.54, 1.807) is 36.2 Å². The maximum Gasteiger partial charge on any atom is 0.322 e. The van der Waals surface area contributed by atoms with Gasteiger partial charge in [-0.05, 0) is 30.3 Å². The van der Waals surface area contributed by atoms with E-state index >= 15 is 0 Å². The zero-order chi connectivity index (χ0) is 16.9. The Balaban J connectivity index is 1.72. The first-order chi connectivity index (χ1) is 11.6. The van der Waals surface area contributed by atoms with Crippen LogP contribution in [0.3, 0.4) is 0 Å². The number of anilines is 1. The van der Waals surface area contributed by atoms with Gasteiger partial charge in [0.1, 0.15) is 5.69 Å². The molecule has 0 bridgehead atoms. The topological polar surface area (TPSA) is 80.9 Å². The minimum Gasteiger partial charge on any atom is -0.401 e. The van der Waals surface area contributed by atoms with Crippen LogP contribution >= 0.6 is 11.8 Å². The summed E-state index contributed by atoms with van der Waals surface area (Å²) in [5.74, 6) is -0.0348. The van der Waals surface area contributed by atoms with E-state index in [0.29, 0.717) is 16.5 Å². The third-order valence-corrected chi connectivity index (χ3v) is 3.99. The van der Waals surface area contributed by atoms with Crippen LogP contribution < -0.4 is 5.32 Å². The zero-order valence-electron chi connectivity index (χ0n) is 13.3. The monoisotopic (exact) mass is 340 g/mol. The number of amides is 1. The predicted molar refractivity (Wildman–Crippen MR) is 92.9 cm³/mol. The summed E-state index contributed by atoms with van der Waals surface area (Å²) >= 11 is 1.70. The van der Waals surface area contributed by atoms with Gasteiger partial charge < -0.3 is 4.42 Å². The van der Waals surface area contributed by atoms with E-state index in [1.807, 2.05) is 24.3 Å². The quantitative estimate of drug-likeness (QED) is 0.710. The lowest BCUT2D eigenvalue weighted by molar-refractivity contribution is 0.102. The van der Waals surface area contributed by atoms with Crippen molar-refractivity contribution in [3.63, 3.8) is 0 Å². The van der Waals surface area contributed by atoms with Crippen molar-refractivity contribution >= 4 is 23.7 Å². The molecule has 0 radical (unpaired) electrons. The first kappa shape index (κ1) is 16.2. The van der Waals surface area contributed by atoms with Crippen molar-refractivity contribution in [1.29, 1.82) is 0 Å². The van der Waals surface area contributed by atoms with Crippen LogP contribution in [0.4, 0.5) is 6.01 Å². The summed E-state index contributed by atoms with van der Waals surface area (Å²) in [6.45, 7) is 4.21. The number of carbonyl (C=O) groups excluding carboxylic acids is 1. The SMILES string of the molecule is CC(C)Sc1cccc(C(=O)Nc2nnc(-c3ccccn3)o2)c1. The summed E-state index contributed by atoms with van der Waals surface area (Å²) in [7, 11) is 0. The van der Waals surface area contributed by atoms with Crippen LogP contribution in [-0.2, 0) is 0 Å². The number of hydrogen-bond donors (Lipinski definition) is 1. The van der Waals surface area contributed by atoms with Gasteiger partial charge in [-0.3, -0.25) is 15.1 Å². The Hall–Kier alpha value is -2.67. The molecule has 122 valence electrons. The number of nitrogens with one attached hydrogen (secondary N) is 1. The Labute approximate surface area is 143 Å². The second-order valence-corrected chi connectivity index (χ2v) is 6.93. The highest BCUT2D eigenvalue weighted by Gasteiger charge is 2.13. The molecule has 7 heteroatoms. The van der Waals surface area contributed by atoms with E-state index in [0.717, 1.165) is 4.90 Å². The van der Waals surface area contributed by atoms with Gasteiger partial charge in [0, 0.05) is 21.9 Å². The Morgan fingerprint density at radius 1 is 1.17 bits per heavy atom. The summed E-state index contributed by atoms with van der Waals surface area (Å²) in [5.41, 5.74) is 1.10. The Bertz CT molecular complexity index is 833. The van der Waals surface area contributed by atoms with E-state index in [-0.39, 0.29) is 17.8 Å². The standard InChI is InChI=1S/C17H16N4O2S/c1-11(2)24-13-7-5-6-12(10-13)15(22)19-17-21-20-16(23-17)14-8-3-4-9-18-14/h3-11H,1-2H3,(H,19,21,22). The van der Waals surface area contributed by atoms with Crippen molar-refractivity contribution in [2.45, 2.75) is 24.0 Å². The molecule has 1 aromatic carbocycles. The Morgan fingerprint density at radius 2 is 2.04 bits per heavy atom. The summed E-state index contributed by atoms with van der Waals surface area (Å²) in [5, 5.41) is 10.8. The lowest BCUT2D eigenvalue weighted by atomic mass is 10.2. The van der Waals surface area contributed by atoms with Crippen LogP contribution in [0.15, 0.2) is 58.0 Å². The maximum absolute atomic E-state index is 12.3. The van der Waals surface area contributed by atoms with Crippen LogP contribution in [0.1, 0.15) is 24.2 Å². The molecule has 0 saturated carbocycles. The fourth-order valence-electron chi connectivity index (χ4n) is 2.02. The van der Waals surface area contributed by atoms with Crippen LogP contribution in [-0.4, -0.2) is 26.3 Å². The van der Waals surface area contributed by atoms with Gasteiger partial charge in [0.2, 0.25) is 0 Å². The van der Waals surface area contributed by atoms with Gasteiger partial charge in [0.15, 0.2) is 0 Å². The van der Waals surface area contributed by atoms with Crippen molar-refractivity contribution in [2.24, 2.45) is 0 Å². The van der Waals surface area contributed by atoms with Crippen LogP contribution in [0, 0.1) is 0 Å². The number of nitrogens with zero attached hydrogens (tertiary/aromatic N) is 3. The van der Waals surface area contributed by atoms with Gasteiger partial charge in [0.25, 0.3) is 11.8 Å². The highest BCUT2D eigenvalue weighted by atomic mass is 32.2. The number of pyridine rings is 1. The molecule has 0 saturated heterocycles. The van der Waals surface area contributed by atoms with E-state index in [1.165, 1.54) is 0 Å². The van der Waals surface area contributed by atoms with Crippen molar-refractivity contribution < 1.29 is 9.21 Å². The number of aromatic nitrogens is 3. The average molecular weight is 340 g/mol. The molecule has 0 unspecified atom stereocenters. The van der Waals surface area contributed by atoms with E-state index in [4.69, 9.17) is 4.42 Å². The number of rotatable bonds is 5. The van der Waals surface area contributed by atoms with E-state index < -0.39 is 0 Å². The molecular weight excluding hydrogens is 324 g/mol. The summed E-state index contributed by atoms with van der Waals surface area (Å²) in [4.78, 5) is 17.5. The van der Waals surface area contributed by atoms with Gasteiger partial charge >= 0.3 is 6.01 Å². The molecule has 0 spiro atoms. The maximum atomic E-state index is 12.3. The van der Waals surface area contributed by atoms with Crippen LogP contribution in [0.2, 0.25) is 0 Å². The molecule has 0 fully saturated rings. The van der Waals surface area contributed by atoms with E-state index in [2.05, 4.69) is 34.3 Å². The van der Waals surface area contributed by atoms with Crippen LogP contribution in [0.5, 0.6) is 0 Å². The third-order valence-electron chi connectivity index (χ3n) is 3.00. The second-order valence-electron chi connectivity index (χ2n) is 5.28. The number of hydrogen-bond acceptors (Lipinski definition) is 6. The molecule has 2 heterocycles. The largest absolute Gasteiger partial charge is 0.401 e. The zero-order valence-corrected chi connectivity index (χ0v) is 14.1. The second kappa shape index (κ2) is 7.27. The molecule has 1 N–H and O–H groups in total. The Kier molecular flexibility index (Phi) is 4.90. The van der Waals surface area contributed by atoms with Gasteiger partial charge in [0.05, 0.1) is 0 Å². The minimum absolute atomic E-state index is 0.0440.